The van der Waals surface area contributed by atoms with Crippen LogP contribution < -0.4 is 5.32 Å². The second-order valence-corrected chi connectivity index (χ2v) is 6.54. The molecule has 0 radical (unpaired) electrons. The third-order valence-corrected chi connectivity index (χ3v) is 4.80. The molecule has 3 rings (SSSR count). The highest BCUT2D eigenvalue weighted by Crippen LogP contribution is 2.36. The van der Waals surface area contributed by atoms with Gasteiger partial charge in [-0.3, -0.25) is 14.3 Å². The molecule has 0 aromatic carbocycles. The van der Waals surface area contributed by atoms with E-state index in [-0.39, 0.29) is 24.4 Å². The Morgan fingerprint density at radius 2 is 2.12 bits per heavy atom. The number of aromatic nitrogens is 2. The number of aryl methyl sites for hydroxylation is 2. The molecule has 0 unspecified atom stereocenters. The van der Waals surface area contributed by atoms with Crippen molar-refractivity contribution < 1.29 is 14.0 Å². The molecule has 1 fully saturated rings. The molecule has 134 valence electrons. The third-order valence-electron chi connectivity index (χ3n) is 4.80. The number of rotatable bonds is 4. The van der Waals surface area contributed by atoms with Gasteiger partial charge in [-0.25, -0.2) is 0 Å². The number of amides is 2. The SMILES string of the molecule is CC(=O)NCc1ccc(C(=O)N2CCC[C@@H]2c2c(C)nn(C)c2C)o1. The topological polar surface area (TPSA) is 80.4 Å². The van der Waals surface area contributed by atoms with Crippen LogP contribution in [0.5, 0.6) is 0 Å². The van der Waals surface area contributed by atoms with Crippen molar-refractivity contribution in [1.29, 1.82) is 0 Å². The van der Waals surface area contributed by atoms with E-state index in [2.05, 4.69) is 10.4 Å². The Bertz CT molecular complexity index is 805. The van der Waals surface area contributed by atoms with Crippen molar-refractivity contribution >= 4 is 11.8 Å². The molecule has 0 aliphatic carbocycles. The highest BCUT2D eigenvalue weighted by atomic mass is 16.4. The van der Waals surface area contributed by atoms with Crippen LogP contribution in [-0.4, -0.2) is 33.0 Å². The van der Waals surface area contributed by atoms with Crippen molar-refractivity contribution in [2.24, 2.45) is 7.05 Å². The first-order valence-corrected chi connectivity index (χ1v) is 8.52. The van der Waals surface area contributed by atoms with Gasteiger partial charge in [0.2, 0.25) is 5.91 Å². The molecular formula is C18H24N4O3. The Morgan fingerprint density at radius 1 is 1.36 bits per heavy atom. The number of carbonyl (C=O) groups excluding carboxylic acids is 2. The van der Waals surface area contributed by atoms with Crippen molar-refractivity contribution in [3.8, 4) is 0 Å². The van der Waals surface area contributed by atoms with Crippen molar-refractivity contribution in [2.75, 3.05) is 6.54 Å². The van der Waals surface area contributed by atoms with Crippen LogP contribution in [0, 0.1) is 13.8 Å². The number of carbonyl (C=O) groups is 2. The predicted molar refractivity (Wildman–Crippen MR) is 91.9 cm³/mol. The molecule has 1 N–H and O–H groups in total. The maximum Gasteiger partial charge on any atom is 0.290 e. The van der Waals surface area contributed by atoms with Gasteiger partial charge in [0.15, 0.2) is 5.76 Å². The molecule has 1 atom stereocenters. The van der Waals surface area contributed by atoms with Crippen LogP contribution >= 0.6 is 0 Å². The summed E-state index contributed by atoms with van der Waals surface area (Å²) in [6.07, 6.45) is 1.89. The monoisotopic (exact) mass is 344 g/mol. The van der Waals surface area contributed by atoms with Crippen molar-refractivity contribution in [3.63, 3.8) is 0 Å². The molecule has 3 heterocycles. The lowest BCUT2D eigenvalue weighted by Gasteiger charge is -2.24. The maximum atomic E-state index is 12.9. The first kappa shape index (κ1) is 17.3. The first-order valence-electron chi connectivity index (χ1n) is 8.52. The van der Waals surface area contributed by atoms with Gasteiger partial charge in [-0.2, -0.15) is 5.10 Å². The van der Waals surface area contributed by atoms with Gasteiger partial charge in [0.1, 0.15) is 5.76 Å². The van der Waals surface area contributed by atoms with E-state index in [9.17, 15) is 9.59 Å². The molecule has 0 saturated carbocycles. The summed E-state index contributed by atoms with van der Waals surface area (Å²) in [6.45, 7) is 6.46. The summed E-state index contributed by atoms with van der Waals surface area (Å²) in [4.78, 5) is 25.8. The molecule has 2 aromatic heterocycles. The fraction of sp³-hybridized carbons (Fsp3) is 0.500. The van der Waals surface area contributed by atoms with Crippen molar-refractivity contribution in [1.82, 2.24) is 20.0 Å². The number of hydrogen-bond donors (Lipinski definition) is 1. The van der Waals surface area contributed by atoms with Gasteiger partial charge in [-0.1, -0.05) is 0 Å². The molecule has 1 aliphatic heterocycles. The minimum atomic E-state index is -0.133. The molecule has 25 heavy (non-hydrogen) atoms. The van der Waals surface area contributed by atoms with E-state index in [4.69, 9.17) is 4.42 Å². The smallest absolute Gasteiger partial charge is 0.290 e. The summed E-state index contributed by atoms with van der Waals surface area (Å²) in [5.41, 5.74) is 3.20. The Kier molecular flexibility index (Phi) is 4.65. The molecule has 0 bridgehead atoms. The number of nitrogens with one attached hydrogen (secondary N) is 1. The van der Waals surface area contributed by atoms with Crippen LogP contribution in [0.4, 0.5) is 0 Å². The van der Waals surface area contributed by atoms with E-state index in [0.717, 1.165) is 29.8 Å². The van der Waals surface area contributed by atoms with E-state index in [1.165, 1.54) is 6.92 Å². The van der Waals surface area contributed by atoms with Gasteiger partial charge in [0.25, 0.3) is 5.91 Å². The third kappa shape index (κ3) is 3.31. The molecule has 1 saturated heterocycles. The van der Waals surface area contributed by atoms with Crippen LogP contribution in [0.2, 0.25) is 0 Å². The molecule has 7 nitrogen and oxygen atoms in total. The lowest BCUT2D eigenvalue weighted by molar-refractivity contribution is -0.119. The van der Waals surface area contributed by atoms with Gasteiger partial charge in [0, 0.05) is 31.8 Å². The average Bonchev–Trinajstić information content (AvgIpc) is 3.26. The zero-order chi connectivity index (χ0) is 18.1. The Balaban J connectivity index is 1.80. The van der Waals surface area contributed by atoms with Crippen LogP contribution in [0.15, 0.2) is 16.5 Å². The standard InChI is InChI=1S/C18H24N4O3/c1-11-17(12(2)21(4)20-11)15-6-5-9-22(15)18(24)16-8-7-14(25-16)10-19-13(3)23/h7-8,15H,5-6,9-10H2,1-4H3,(H,19,23)/t15-/m1/s1. The average molecular weight is 344 g/mol. The van der Waals surface area contributed by atoms with Crippen LogP contribution in [0.1, 0.15) is 59.1 Å². The first-order chi connectivity index (χ1) is 11.9. The Morgan fingerprint density at radius 3 is 2.76 bits per heavy atom. The minimum Gasteiger partial charge on any atom is -0.454 e. The Labute approximate surface area is 147 Å². The van der Waals surface area contributed by atoms with E-state index in [1.807, 2.05) is 30.5 Å². The highest BCUT2D eigenvalue weighted by Gasteiger charge is 2.35. The molecule has 0 spiro atoms. The molecule has 2 amide bonds. The van der Waals surface area contributed by atoms with Crippen molar-refractivity contribution in [3.05, 3.63) is 40.6 Å². The van der Waals surface area contributed by atoms with Crippen molar-refractivity contribution in [2.45, 2.75) is 46.2 Å². The molecule has 1 aliphatic rings. The summed E-state index contributed by atoms with van der Waals surface area (Å²) >= 11 is 0. The molecule has 7 heteroatoms. The van der Waals surface area contributed by atoms with Gasteiger partial charge in [0.05, 0.1) is 18.3 Å². The van der Waals surface area contributed by atoms with E-state index in [1.54, 1.807) is 12.1 Å². The molecular weight excluding hydrogens is 320 g/mol. The van der Waals surface area contributed by atoms with Crippen LogP contribution in [0.3, 0.4) is 0 Å². The Hall–Kier alpha value is -2.57. The summed E-state index contributed by atoms with van der Waals surface area (Å²) in [7, 11) is 1.92. The minimum absolute atomic E-state index is 0.0325. The predicted octanol–water partition coefficient (Wildman–Crippen LogP) is 2.24. The molecule has 2 aromatic rings. The fourth-order valence-electron chi connectivity index (χ4n) is 3.52. The fourth-order valence-corrected chi connectivity index (χ4v) is 3.52. The number of hydrogen-bond acceptors (Lipinski definition) is 4. The largest absolute Gasteiger partial charge is 0.454 e. The normalized spacial score (nSPS) is 17.1. The zero-order valence-corrected chi connectivity index (χ0v) is 15.1. The number of nitrogens with zero attached hydrogens (tertiary/aromatic N) is 3. The summed E-state index contributed by atoms with van der Waals surface area (Å²) in [5, 5.41) is 7.15. The zero-order valence-electron chi connectivity index (χ0n) is 15.1. The summed E-state index contributed by atoms with van der Waals surface area (Å²) in [5.74, 6) is 0.639. The summed E-state index contributed by atoms with van der Waals surface area (Å²) in [6, 6.07) is 3.44. The maximum absolute atomic E-state index is 12.9. The second kappa shape index (κ2) is 6.74. The van der Waals surface area contributed by atoms with Gasteiger partial charge < -0.3 is 14.6 Å². The van der Waals surface area contributed by atoms with E-state index >= 15 is 0 Å². The van der Waals surface area contributed by atoms with E-state index < -0.39 is 0 Å². The van der Waals surface area contributed by atoms with Crippen LogP contribution in [-0.2, 0) is 18.4 Å². The second-order valence-electron chi connectivity index (χ2n) is 6.54. The van der Waals surface area contributed by atoms with Gasteiger partial charge in [-0.05, 0) is 38.8 Å². The quantitative estimate of drug-likeness (QED) is 0.922. The number of likely N-dealkylation sites (tertiary alicyclic amines) is 1. The number of furan rings is 1. The van der Waals surface area contributed by atoms with Gasteiger partial charge >= 0.3 is 0 Å². The van der Waals surface area contributed by atoms with Crippen LogP contribution in [0.25, 0.3) is 0 Å². The summed E-state index contributed by atoms with van der Waals surface area (Å²) < 4.78 is 7.50. The van der Waals surface area contributed by atoms with E-state index in [0.29, 0.717) is 18.1 Å². The highest BCUT2D eigenvalue weighted by molar-refractivity contribution is 5.92. The lowest BCUT2D eigenvalue weighted by atomic mass is 10.0. The van der Waals surface area contributed by atoms with Gasteiger partial charge in [-0.15, -0.1) is 0 Å². The lowest BCUT2D eigenvalue weighted by Crippen LogP contribution is -2.30.